The van der Waals surface area contributed by atoms with Crippen LogP contribution in [-0.4, -0.2) is 23.9 Å². The zero-order valence-corrected chi connectivity index (χ0v) is 28.3. The van der Waals surface area contributed by atoms with E-state index in [4.69, 9.17) is 22.0 Å². The molecule has 0 saturated heterocycles. The predicted molar refractivity (Wildman–Crippen MR) is 184 cm³/mol. The second-order valence-corrected chi connectivity index (χ2v) is 13.9. The SMILES string of the molecule is CS(=O)(=O)[O-].C[C@@H](c1ccccc1)N([C@@H](C)c1ccccc1)[PH+]1Oc2ccc3ccccc3c2-c2c(ccc3ccccc23)O1.[Cu+]. The van der Waals surface area contributed by atoms with E-state index in [-0.39, 0.29) is 29.2 Å². The molecule has 0 aromatic heterocycles. The molecule has 0 unspecified atom stereocenters. The summed E-state index contributed by atoms with van der Waals surface area (Å²) in [4.78, 5) is 0. The van der Waals surface area contributed by atoms with Crippen molar-refractivity contribution in [3.8, 4) is 22.6 Å². The van der Waals surface area contributed by atoms with Crippen LogP contribution in [0.15, 0.2) is 133 Å². The molecule has 2 atom stereocenters. The first-order chi connectivity index (χ1) is 21.7. The molecule has 9 heteroatoms. The molecule has 238 valence electrons. The number of fused-ring (bicyclic) bond motifs is 7. The van der Waals surface area contributed by atoms with Gasteiger partial charge in [0.1, 0.15) is 0 Å². The minimum absolute atomic E-state index is 0. The summed E-state index contributed by atoms with van der Waals surface area (Å²) in [5.74, 6) is 1.74. The number of hydrogen-bond donors (Lipinski definition) is 0. The Morgan fingerprint density at radius 2 is 0.935 bits per heavy atom. The number of benzene rings is 6. The molecule has 0 saturated carbocycles. The van der Waals surface area contributed by atoms with Crippen LogP contribution in [0.3, 0.4) is 0 Å². The van der Waals surface area contributed by atoms with Gasteiger partial charge in [-0.2, -0.15) is 0 Å². The summed E-state index contributed by atoms with van der Waals surface area (Å²) in [5, 5.41) is 4.71. The van der Waals surface area contributed by atoms with Crippen molar-refractivity contribution in [2.75, 3.05) is 6.26 Å². The molecule has 0 aliphatic carbocycles. The number of rotatable bonds is 5. The van der Waals surface area contributed by atoms with E-state index in [0.29, 0.717) is 6.26 Å². The first-order valence-corrected chi connectivity index (χ1v) is 17.8. The maximum absolute atomic E-state index is 9.08. The summed E-state index contributed by atoms with van der Waals surface area (Å²) in [6.07, 6.45) is 0.604. The minimum atomic E-state index is -3.92. The predicted octanol–water partition coefficient (Wildman–Crippen LogP) is 9.37. The van der Waals surface area contributed by atoms with Crippen molar-refractivity contribution in [3.05, 3.63) is 145 Å². The molecule has 0 N–H and O–H groups in total. The van der Waals surface area contributed by atoms with Gasteiger partial charge in [0.05, 0.1) is 22.2 Å². The third-order valence-corrected chi connectivity index (χ3v) is 10.0. The second-order valence-electron chi connectivity index (χ2n) is 11.1. The fraction of sp³-hybridized carbons (Fsp3) is 0.135. The van der Waals surface area contributed by atoms with Crippen LogP contribution in [0, 0.1) is 0 Å². The van der Waals surface area contributed by atoms with Crippen LogP contribution >= 0.6 is 8.53 Å². The largest absolute Gasteiger partial charge is 1.00 e. The molecule has 6 aromatic rings. The smallest absolute Gasteiger partial charge is 0.748 e. The Hall–Kier alpha value is -3.74. The molecule has 0 amide bonds. The monoisotopic (exact) mass is 698 g/mol. The first kappa shape index (κ1) is 33.6. The fourth-order valence-electron chi connectivity index (χ4n) is 5.94. The van der Waals surface area contributed by atoms with Gasteiger partial charge in [-0.15, -0.1) is 4.67 Å². The molecular formula is C37H34CuNO5PS+. The van der Waals surface area contributed by atoms with Crippen LogP contribution < -0.4 is 9.05 Å². The molecule has 0 bridgehead atoms. The second kappa shape index (κ2) is 14.4. The Labute approximate surface area is 282 Å². The van der Waals surface area contributed by atoms with E-state index in [2.05, 4.69) is 152 Å². The van der Waals surface area contributed by atoms with Gasteiger partial charge in [-0.25, -0.2) is 8.42 Å². The van der Waals surface area contributed by atoms with Gasteiger partial charge in [-0.3, -0.25) is 9.05 Å². The molecule has 1 heterocycles. The van der Waals surface area contributed by atoms with Crippen molar-refractivity contribution in [3.63, 3.8) is 0 Å². The van der Waals surface area contributed by atoms with Crippen LogP contribution in [0.2, 0.25) is 0 Å². The Morgan fingerprint density at radius 1 is 0.587 bits per heavy atom. The van der Waals surface area contributed by atoms with Crippen molar-refractivity contribution in [2.24, 2.45) is 0 Å². The van der Waals surface area contributed by atoms with Gasteiger partial charge in [0.15, 0.2) is 11.5 Å². The van der Waals surface area contributed by atoms with Crippen LogP contribution in [0.1, 0.15) is 37.1 Å². The summed E-state index contributed by atoms with van der Waals surface area (Å²) in [6, 6.07) is 47.1. The molecule has 0 spiro atoms. The normalized spacial score (nSPS) is 13.9. The molecule has 0 fully saturated rings. The van der Waals surface area contributed by atoms with E-state index < -0.39 is 18.6 Å². The van der Waals surface area contributed by atoms with E-state index in [0.717, 1.165) is 22.6 Å². The van der Waals surface area contributed by atoms with Gasteiger partial charge in [0, 0.05) is 17.4 Å². The van der Waals surface area contributed by atoms with Gasteiger partial charge in [-0.05, 0) is 58.7 Å². The van der Waals surface area contributed by atoms with Crippen LogP contribution in [-0.2, 0) is 27.2 Å². The van der Waals surface area contributed by atoms with Gasteiger partial charge in [0.25, 0.3) is 0 Å². The standard InChI is InChI=1S/C36H30NO2P.CH4O3S.Cu/c1-25(27-13-5-3-6-14-27)37(26(2)28-15-7-4-8-16-28)40-38-33-23-21-29-17-9-11-19-31(29)35(33)36-32-20-12-10-18-30(32)22-24-34(36)39-40;1-5(2,3)4;/h3-26H,1-2H3;1H3,(H,2,3,4);/q;;+1/t25-,26-;;/m0../s1. The van der Waals surface area contributed by atoms with Crippen molar-refractivity contribution in [1.82, 2.24) is 4.67 Å². The summed E-state index contributed by atoms with van der Waals surface area (Å²) in [7, 11) is -5.96. The Bertz CT molecular complexity index is 1920. The summed E-state index contributed by atoms with van der Waals surface area (Å²) in [5.41, 5.74) is 4.67. The van der Waals surface area contributed by atoms with Gasteiger partial charge < -0.3 is 4.55 Å². The molecule has 7 rings (SSSR count). The topological polar surface area (TPSA) is 78.9 Å². The zero-order chi connectivity index (χ0) is 31.6. The van der Waals surface area contributed by atoms with E-state index >= 15 is 0 Å². The Kier molecular flexibility index (Phi) is 10.5. The van der Waals surface area contributed by atoms with E-state index in [1.165, 1.54) is 32.7 Å². The van der Waals surface area contributed by atoms with E-state index in [1.807, 2.05) is 0 Å². The Balaban J connectivity index is 0.000000647. The maximum Gasteiger partial charge on any atom is 1.00 e. The third-order valence-electron chi connectivity index (χ3n) is 8.04. The van der Waals surface area contributed by atoms with Crippen molar-refractivity contribution in [2.45, 2.75) is 25.9 Å². The molecule has 6 aromatic carbocycles. The first-order valence-electron chi connectivity index (χ1n) is 14.7. The fourth-order valence-corrected chi connectivity index (χ4v) is 7.84. The summed E-state index contributed by atoms with van der Waals surface area (Å²) >= 11 is 0. The molecule has 0 radical (unpaired) electrons. The van der Waals surface area contributed by atoms with Crippen LogP contribution in [0.5, 0.6) is 11.5 Å². The minimum Gasteiger partial charge on any atom is -0.748 e. The van der Waals surface area contributed by atoms with Crippen LogP contribution in [0.25, 0.3) is 32.7 Å². The van der Waals surface area contributed by atoms with Crippen molar-refractivity contribution >= 4 is 40.2 Å². The molecule has 1 aliphatic heterocycles. The van der Waals surface area contributed by atoms with E-state index in [1.54, 1.807) is 0 Å². The molecule has 1 aliphatic rings. The van der Waals surface area contributed by atoms with Gasteiger partial charge in [0.2, 0.25) is 0 Å². The average Bonchev–Trinajstić information content (AvgIpc) is 3.22. The molecular weight excluding hydrogens is 665 g/mol. The summed E-state index contributed by atoms with van der Waals surface area (Å²) < 4.78 is 43.8. The third kappa shape index (κ3) is 7.29. The number of nitrogens with zero attached hydrogens (tertiary/aromatic N) is 1. The van der Waals surface area contributed by atoms with Crippen LogP contribution in [0.4, 0.5) is 0 Å². The van der Waals surface area contributed by atoms with E-state index in [9.17, 15) is 0 Å². The van der Waals surface area contributed by atoms with Crippen molar-refractivity contribution < 1.29 is 39.1 Å². The van der Waals surface area contributed by atoms with Crippen molar-refractivity contribution in [1.29, 1.82) is 0 Å². The zero-order valence-electron chi connectivity index (χ0n) is 25.6. The summed E-state index contributed by atoms with van der Waals surface area (Å²) in [6.45, 7) is 4.51. The number of hydrogen-bond acceptors (Lipinski definition) is 6. The molecule has 6 nitrogen and oxygen atoms in total. The van der Waals surface area contributed by atoms with Gasteiger partial charge in [-0.1, -0.05) is 121 Å². The van der Waals surface area contributed by atoms with Gasteiger partial charge >= 0.3 is 25.6 Å². The maximum atomic E-state index is 9.08. The Morgan fingerprint density at radius 3 is 1.33 bits per heavy atom. The average molecular weight is 699 g/mol. The molecule has 46 heavy (non-hydrogen) atoms. The quantitative estimate of drug-likeness (QED) is 0.101.